The number of hydrogen-bond donors (Lipinski definition) is 1. The molecule has 1 nitrogen and oxygen atoms in total. The van der Waals surface area contributed by atoms with E-state index in [1.165, 1.54) is 38.5 Å². The SMILES string of the molecule is CNC(C)CCC1CCCC1. The molecule has 1 aliphatic carbocycles. The second-order valence-electron chi connectivity index (χ2n) is 3.92. The summed E-state index contributed by atoms with van der Waals surface area (Å²) in [4.78, 5) is 0. The zero-order valence-electron chi connectivity index (χ0n) is 7.90. The first-order valence-corrected chi connectivity index (χ1v) is 5.00. The summed E-state index contributed by atoms with van der Waals surface area (Å²) in [6.07, 6.45) is 8.77. The number of nitrogens with one attached hydrogen (secondary N) is 1. The maximum Gasteiger partial charge on any atom is 0.00358 e. The fourth-order valence-corrected chi connectivity index (χ4v) is 1.93. The van der Waals surface area contributed by atoms with Crippen molar-refractivity contribution in [1.29, 1.82) is 0 Å². The highest BCUT2D eigenvalue weighted by molar-refractivity contribution is 4.69. The lowest BCUT2D eigenvalue weighted by atomic mass is 9.99. The van der Waals surface area contributed by atoms with E-state index in [9.17, 15) is 0 Å². The molecule has 0 saturated heterocycles. The summed E-state index contributed by atoms with van der Waals surface area (Å²) in [5.74, 6) is 1.06. The highest BCUT2D eigenvalue weighted by Crippen LogP contribution is 2.28. The largest absolute Gasteiger partial charge is 0.317 e. The standard InChI is InChI=1S/C10H21N/c1-9(11-2)7-8-10-5-3-4-6-10/h9-11H,3-8H2,1-2H3. The van der Waals surface area contributed by atoms with Crippen molar-refractivity contribution < 1.29 is 0 Å². The second kappa shape index (κ2) is 4.76. The van der Waals surface area contributed by atoms with Gasteiger partial charge in [0.15, 0.2) is 0 Å². The van der Waals surface area contributed by atoms with E-state index in [0.717, 1.165) is 12.0 Å². The minimum atomic E-state index is 0.718. The van der Waals surface area contributed by atoms with Crippen molar-refractivity contribution in [1.82, 2.24) is 5.32 Å². The second-order valence-corrected chi connectivity index (χ2v) is 3.92. The summed E-state index contributed by atoms with van der Waals surface area (Å²) in [7, 11) is 2.05. The maximum absolute atomic E-state index is 3.29. The van der Waals surface area contributed by atoms with E-state index in [4.69, 9.17) is 0 Å². The van der Waals surface area contributed by atoms with Gasteiger partial charge in [-0.2, -0.15) is 0 Å². The molecule has 1 aliphatic rings. The normalized spacial score (nSPS) is 22.4. The van der Waals surface area contributed by atoms with Gasteiger partial charge in [-0.1, -0.05) is 25.7 Å². The first-order valence-electron chi connectivity index (χ1n) is 5.00. The Kier molecular flexibility index (Phi) is 3.92. The topological polar surface area (TPSA) is 12.0 Å². The Balaban J connectivity index is 2.01. The lowest BCUT2D eigenvalue weighted by Gasteiger charge is -2.13. The summed E-state index contributed by atoms with van der Waals surface area (Å²) in [6.45, 7) is 2.27. The molecule has 1 atom stereocenters. The van der Waals surface area contributed by atoms with E-state index < -0.39 is 0 Å². The van der Waals surface area contributed by atoms with Gasteiger partial charge < -0.3 is 5.32 Å². The zero-order chi connectivity index (χ0) is 8.10. The lowest BCUT2D eigenvalue weighted by Crippen LogP contribution is -2.21. The molecular formula is C10H21N. The van der Waals surface area contributed by atoms with Crippen LogP contribution in [0.15, 0.2) is 0 Å². The molecule has 0 radical (unpaired) electrons. The van der Waals surface area contributed by atoms with Gasteiger partial charge in [0.25, 0.3) is 0 Å². The average molecular weight is 155 g/mol. The Morgan fingerprint density at radius 2 is 2.00 bits per heavy atom. The van der Waals surface area contributed by atoms with E-state index in [2.05, 4.69) is 19.3 Å². The van der Waals surface area contributed by atoms with Gasteiger partial charge in [0.1, 0.15) is 0 Å². The van der Waals surface area contributed by atoms with Crippen LogP contribution in [0.3, 0.4) is 0 Å². The maximum atomic E-state index is 3.29. The summed E-state index contributed by atoms with van der Waals surface area (Å²) in [6, 6.07) is 0.718. The van der Waals surface area contributed by atoms with Crippen LogP contribution in [0.4, 0.5) is 0 Å². The molecule has 1 fully saturated rings. The molecule has 0 aromatic rings. The number of rotatable bonds is 4. The Bertz CT molecular complexity index is 95.0. The Hall–Kier alpha value is -0.0400. The highest BCUT2D eigenvalue weighted by Gasteiger charge is 2.14. The van der Waals surface area contributed by atoms with Crippen LogP contribution in [0.2, 0.25) is 0 Å². The van der Waals surface area contributed by atoms with Crippen LogP contribution in [0.1, 0.15) is 45.4 Å². The van der Waals surface area contributed by atoms with Gasteiger partial charge in [0.05, 0.1) is 0 Å². The number of hydrogen-bond acceptors (Lipinski definition) is 1. The quantitative estimate of drug-likeness (QED) is 0.658. The lowest BCUT2D eigenvalue weighted by molar-refractivity contribution is 0.435. The minimum absolute atomic E-state index is 0.718. The summed E-state index contributed by atoms with van der Waals surface area (Å²) < 4.78 is 0. The van der Waals surface area contributed by atoms with Crippen LogP contribution in [0, 0.1) is 5.92 Å². The molecule has 0 aromatic heterocycles. The molecule has 1 rings (SSSR count). The molecule has 1 unspecified atom stereocenters. The third-order valence-corrected chi connectivity index (χ3v) is 2.98. The van der Waals surface area contributed by atoms with E-state index >= 15 is 0 Å². The van der Waals surface area contributed by atoms with Crippen LogP contribution in [0.25, 0.3) is 0 Å². The summed E-state index contributed by atoms with van der Waals surface area (Å²) in [5, 5.41) is 3.29. The molecule has 0 aromatic carbocycles. The minimum Gasteiger partial charge on any atom is -0.317 e. The predicted molar refractivity (Wildman–Crippen MR) is 49.7 cm³/mol. The molecule has 66 valence electrons. The van der Waals surface area contributed by atoms with Crippen LogP contribution < -0.4 is 5.32 Å². The zero-order valence-corrected chi connectivity index (χ0v) is 7.90. The monoisotopic (exact) mass is 155 g/mol. The summed E-state index contributed by atoms with van der Waals surface area (Å²) in [5.41, 5.74) is 0. The molecule has 0 amide bonds. The molecule has 0 heterocycles. The van der Waals surface area contributed by atoms with Crippen LogP contribution in [0.5, 0.6) is 0 Å². The first kappa shape index (κ1) is 9.05. The van der Waals surface area contributed by atoms with Crippen molar-refractivity contribution in [2.24, 2.45) is 5.92 Å². The van der Waals surface area contributed by atoms with Crippen molar-refractivity contribution in [2.45, 2.75) is 51.5 Å². The van der Waals surface area contributed by atoms with E-state index in [1.54, 1.807) is 0 Å². The van der Waals surface area contributed by atoms with Crippen molar-refractivity contribution in [3.05, 3.63) is 0 Å². The van der Waals surface area contributed by atoms with Crippen LogP contribution >= 0.6 is 0 Å². The van der Waals surface area contributed by atoms with E-state index in [1.807, 2.05) is 0 Å². The summed E-state index contributed by atoms with van der Waals surface area (Å²) >= 11 is 0. The molecule has 0 aliphatic heterocycles. The van der Waals surface area contributed by atoms with Crippen LogP contribution in [-0.4, -0.2) is 13.1 Å². The molecule has 0 spiro atoms. The van der Waals surface area contributed by atoms with Gasteiger partial charge in [0, 0.05) is 6.04 Å². The predicted octanol–water partition coefficient (Wildman–Crippen LogP) is 2.56. The molecule has 0 bridgehead atoms. The molecule has 1 saturated carbocycles. The Labute approximate surface area is 70.6 Å². The smallest absolute Gasteiger partial charge is 0.00358 e. The molecule has 1 N–H and O–H groups in total. The fraction of sp³-hybridized carbons (Fsp3) is 1.00. The van der Waals surface area contributed by atoms with Gasteiger partial charge in [-0.05, 0) is 32.7 Å². The van der Waals surface area contributed by atoms with E-state index in [0.29, 0.717) is 0 Å². The van der Waals surface area contributed by atoms with Gasteiger partial charge in [0.2, 0.25) is 0 Å². The molecule has 11 heavy (non-hydrogen) atoms. The van der Waals surface area contributed by atoms with Crippen LogP contribution in [-0.2, 0) is 0 Å². The van der Waals surface area contributed by atoms with Crippen molar-refractivity contribution in [3.8, 4) is 0 Å². The Morgan fingerprint density at radius 3 is 2.55 bits per heavy atom. The third-order valence-electron chi connectivity index (χ3n) is 2.98. The van der Waals surface area contributed by atoms with Gasteiger partial charge in [-0.15, -0.1) is 0 Å². The Morgan fingerprint density at radius 1 is 1.36 bits per heavy atom. The molecule has 1 heteroatoms. The van der Waals surface area contributed by atoms with Gasteiger partial charge in [-0.3, -0.25) is 0 Å². The third kappa shape index (κ3) is 3.24. The molecular weight excluding hydrogens is 134 g/mol. The fourth-order valence-electron chi connectivity index (χ4n) is 1.93. The van der Waals surface area contributed by atoms with E-state index in [-0.39, 0.29) is 0 Å². The van der Waals surface area contributed by atoms with Crippen molar-refractivity contribution in [2.75, 3.05) is 7.05 Å². The first-order chi connectivity index (χ1) is 5.33. The average Bonchev–Trinajstić information content (AvgIpc) is 2.52. The van der Waals surface area contributed by atoms with Crippen molar-refractivity contribution in [3.63, 3.8) is 0 Å². The van der Waals surface area contributed by atoms with Gasteiger partial charge >= 0.3 is 0 Å². The van der Waals surface area contributed by atoms with Crippen molar-refractivity contribution >= 4 is 0 Å². The van der Waals surface area contributed by atoms with Gasteiger partial charge in [-0.25, -0.2) is 0 Å². The highest BCUT2D eigenvalue weighted by atomic mass is 14.8.